The smallest absolute Gasteiger partial charge is 0.257 e. The van der Waals surface area contributed by atoms with Gasteiger partial charge in [0.1, 0.15) is 5.75 Å². The van der Waals surface area contributed by atoms with Gasteiger partial charge in [-0.25, -0.2) is 5.06 Å². The molecule has 0 saturated carbocycles. The number of rotatable bonds is 15. The second kappa shape index (κ2) is 17.1. The Bertz CT molecular complexity index is 1650. The highest BCUT2D eigenvalue weighted by Crippen LogP contribution is 2.49. The summed E-state index contributed by atoms with van der Waals surface area (Å²) in [7, 11) is 0. The molecule has 0 spiro atoms. The van der Waals surface area contributed by atoms with Crippen molar-refractivity contribution >= 4 is 24.1 Å². The van der Waals surface area contributed by atoms with Gasteiger partial charge in [-0.15, -0.1) is 11.8 Å². The molecule has 2 aliphatic heterocycles. The van der Waals surface area contributed by atoms with Crippen LogP contribution in [0.2, 0.25) is 0 Å². The average molecular weight is 720 g/mol. The minimum Gasteiger partial charge on any atom is -0.492 e. The van der Waals surface area contributed by atoms with E-state index in [1.54, 1.807) is 5.06 Å². The van der Waals surface area contributed by atoms with Crippen LogP contribution in [0.3, 0.4) is 0 Å². The van der Waals surface area contributed by atoms with Gasteiger partial charge in [-0.3, -0.25) is 19.3 Å². The van der Waals surface area contributed by atoms with Crippen LogP contribution < -0.4 is 4.74 Å². The summed E-state index contributed by atoms with van der Waals surface area (Å²) in [5, 5.41) is 1.55. The van der Waals surface area contributed by atoms with E-state index in [1.807, 2.05) is 49.6 Å². The third kappa shape index (κ3) is 8.57. The molecule has 2 aliphatic rings. The van der Waals surface area contributed by atoms with Crippen molar-refractivity contribution in [2.45, 2.75) is 75.8 Å². The molecule has 0 aliphatic carbocycles. The Kier molecular flexibility index (Phi) is 12.4. The molecule has 4 aromatic rings. The third-order valence-electron chi connectivity index (χ3n) is 10.0. The third-order valence-corrected chi connectivity index (χ3v) is 11.7. The summed E-state index contributed by atoms with van der Waals surface area (Å²) in [4.78, 5) is 37.8. The van der Waals surface area contributed by atoms with Gasteiger partial charge in [-0.2, -0.15) is 0 Å². The maximum Gasteiger partial charge on any atom is 0.257 e. The second-order valence-electron chi connectivity index (χ2n) is 14.8. The van der Waals surface area contributed by atoms with Crippen LogP contribution in [-0.2, 0) is 20.8 Å². The number of carbonyl (C=O) groups is 2. The minimum atomic E-state index is -0.566. The molecule has 0 N–H and O–H groups in total. The zero-order valence-electron chi connectivity index (χ0n) is 31.1. The topological polar surface area (TPSA) is 62.3 Å². The number of thioether (sulfide) groups is 1. The number of hydroxylamine groups is 2. The van der Waals surface area contributed by atoms with Gasteiger partial charge in [0.25, 0.3) is 5.91 Å². The molecule has 2 heterocycles. The number of fused-ring (bicyclic) bond motifs is 1. The first kappa shape index (κ1) is 37.6. The fraction of sp³-hybridized carbons (Fsp3) is 0.409. The van der Waals surface area contributed by atoms with E-state index in [4.69, 9.17) is 9.57 Å². The zero-order valence-corrected chi connectivity index (χ0v) is 31.9. The second-order valence-corrected chi connectivity index (χ2v) is 16.1. The summed E-state index contributed by atoms with van der Waals surface area (Å²) in [6.07, 6.45) is 4.78. The molecule has 2 amide bonds. The van der Waals surface area contributed by atoms with Crippen molar-refractivity contribution in [1.29, 1.82) is 0 Å². The Morgan fingerprint density at radius 1 is 0.904 bits per heavy atom. The summed E-state index contributed by atoms with van der Waals surface area (Å²) < 4.78 is 5.38. The Morgan fingerprint density at radius 2 is 1.52 bits per heavy atom. The number of carbonyl (C=O) groups excluding carboxylic acids is 2. The van der Waals surface area contributed by atoms with Gasteiger partial charge in [0, 0.05) is 44.4 Å². The molecule has 0 aromatic heterocycles. The van der Waals surface area contributed by atoms with E-state index in [-0.39, 0.29) is 18.0 Å². The first-order chi connectivity index (χ1) is 25.2. The van der Waals surface area contributed by atoms with Crippen LogP contribution in [-0.4, -0.2) is 83.4 Å². The Labute approximate surface area is 314 Å². The molecule has 8 heteroatoms. The van der Waals surface area contributed by atoms with E-state index in [2.05, 4.69) is 109 Å². The first-order valence-corrected chi connectivity index (χ1v) is 19.7. The number of amides is 2. The number of unbranched alkanes of at least 4 members (excludes halogenated alkanes) is 1. The number of hydrogen-bond donors (Lipinski definition) is 0. The van der Waals surface area contributed by atoms with Crippen molar-refractivity contribution < 1.29 is 19.2 Å². The number of ether oxygens (including phenoxy) is 1. The highest BCUT2D eigenvalue weighted by atomic mass is 32.2. The fourth-order valence-electron chi connectivity index (χ4n) is 7.55. The molecule has 1 fully saturated rings. The fourth-order valence-corrected chi connectivity index (χ4v) is 9.15. The van der Waals surface area contributed by atoms with Crippen LogP contribution in [0.5, 0.6) is 5.75 Å². The van der Waals surface area contributed by atoms with Crippen molar-refractivity contribution in [3.05, 3.63) is 137 Å². The Balaban J connectivity index is 1.32. The lowest BCUT2D eigenvalue weighted by Gasteiger charge is -2.45. The molecule has 52 heavy (non-hydrogen) atoms. The van der Waals surface area contributed by atoms with E-state index >= 15 is 0 Å². The molecule has 274 valence electrons. The SMILES string of the molecule is CCCC[C@H]1CN(C(=O)c2cccc3c2OCC3)CCN1C[C@H](CSC(c1ccccc1)(c1ccccc1)c1ccccc1)N(C=O)OC(C)(C)C. The van der Waals surface area contributed by atoms with Gasteiger partial charge in [0.15, 0.2) is 0 Å². The standard InChI is InChI=1S/C44H53N3O4S/c1-5-6-24-38-30-46(42(49)40-25-16-17-34-26-29-50-41(34)40)28-27-45(38)31-39(47(33-48)51-43(2,3)4)32-52-44(35-18-10-7-11-19-35,36-20-12-8-13-21-36)37-22-14-9-15-23-37/h7-23,25,33,38-39H,5-6,24,26-32H2,1-4H3/t38-,39+/m0/s1. The van der Waals surface area contributed by atoms with Crippen LogP contribution in [0.15, 0.2) is 109 Å². The molecule has 1 saturated heterocycles. The molecule has 0 bridgehead atoms. The van der Waals surface area contributed by atoms with E-state index in [9.17, 15) is 9.59 Å². The number of hydrogen-bond acceptors (Lipinski definition) is 6. The van der Waals surface area contributed by atoms with E-state index < -0.39 is 10.3 Å². The lowest BCUT2D eigenvalue weighted by atomic mass is 9.84. The number of para-hydroxylation sites is 1. The largest absolute Gasteiger partial charge is 0.492 e. The van der Waals surface area contributed by atoms with Crippen molar-refractivity contribution in [3.63, 3.8) is 0 Å². The Hall–Kier alpha value is -4.11. The predicted molar refractivity (Wildman–Crippen MR) is 211 cm³/mol. The first-order valence-electron chi connectivity index (χ1n) is 18.7. The van der Waals surface area contributed by atoms with Gasteiger partial charge in [0.2, 0.25) is 6.41 Å². The summed E-state index contributed by atoms with van der Waals surface area (Å²) in [5.74, 6) is 1.40. The predicted octanol–water partition coefficient (Wildman–Crippen LogP) is 8.22. The van der Waals surface area contributed by atoms with Crippen LogP contribution >= 0.6 is 11.8 Å². The van der Waals surface area contributed by atoms with Gasteiger partial charge >= 0.3 is 0 Å². The molecular weight excluding hydrogens is 667 g/mol. The molecular formula is C44H53N3O4S. The quantitative estimate of drug-likeness (QED) is 0.0702. The summed E-state index contributed by atoms with van der Waals surface area (Å²) in [5.41, 5.74) is 4.73. The highest BCUT2D eigenvalue weighted by Gasteiger charge is 2.40. The summed E-state index contributed by atoms with van der Waals surface area (Å²) in [6, 6.07) is 37.8. The Morgan fingerprint density at radius 3 is 2.08 bits per heavy atom. The molecule has 0 radical (unpaired) electrons. The van der Waals surface area contributed by atoms with Gasteiger partial charge < -0.3 is 9.64 Å². The number of nitrogens with zero attached hydrogens (tertiary/aromatic N) is 3. The summed E-state index contributed by atoms with van der Waals surface area (Å²) in [6.45, 7) is 11.3. The lowest BCUT2D eigenvalue weighted by Crippen LogP contribution is -2.58. The number of benzene rings is 4. The maximum absolute atomic E-state index is 14.0. The molecule has 0 unspecified atom stereocenters. The van der Waals surface area contributed by atoms with Crippen LogP contribution in [0, 0.1) is 0 Å². The van der Waals surface area contributed by atoms with Crippen molar-refractivity contribution in [3.8, 4) is 5.75 Å². The average Bonchev–Trinajstić information content (AvgIpc) is 3.66. The highest BCUT2D eigenvalue weighted by molar-refractivity contribution is 8.00. The maximum atomic E-state index is 14.0. The van der Waals surface area contributed by atoms with Crippen LogP contribution in [0.25, 0.3) is 0 Å². The van der Waals surface area contributed by atoms with E-state index in [0.717, 1.165) is 43.4 Å². The zero-order chi connectivity index (χ0) is 36.6. The summed E-state index contributed by atoms with van der Waals surface area (Å²) >= 11 is 1.84. The lowest BCUT2D eigenvalue weighted by molar-refractivity contribution is -0.231. The van der Waals surface area contributed by atoms with E-state index in [0.29, 0.717) is 44.1 Å². The van der Waals surface area contributed by atoms with Gasteiger partial charge in [-0.05, 0) is 55.5 Å². The van der Waals surface area contributed by atoms with Crippen LogP contribution in [0.4, 0.5) is 0 Å². The normalized spacial score (nSPS) is 16.9. The van der Waals surface area contributed by atoms with Crippen molar-refractivity contribution in [2.24, 2.45) is 0 Å². The monoisotopic (exact) mass is 719 g/mol. The van der Waals surface area contributed by atoms with Gasteiger partial charge in [-0.1, -0.05) is 123 Å². The van der Waals surface area contributed by atoms with Crippen molar-refractivity contribution in [1.82, 2.24) is 14.9 Å². The van der Waals surface area contributed by atoms with E-state index in [1.165, 1.54) is 16.7 Å². The minimum absolute atomic E-state index is 0.0379. The molecule has 2 atom stereocenters. The molecule has 6 rings (SSSR count). The van der Waals surface area contributed by atoms with Gasteiger partial charge in [0.05, 0.1) is 28.6 Å². The molecule has 4 aromatic carbocycles. The van der Waals surface area contributed by atoms with Crippen LogP contribution in [0.1, 0.15) is 79.6 Å². The van der Waals surface area contributed by atoms with Crippen molar-refractivity contribution in [2.75, 3.05) is 38.5 Å². The number of piperazine rings is 1. The molecule has 7 nitrogen and oxygen atoms in total.